The average Bonchev–Trinajstić information content (AvgIpc) is 2.57. The Morgan fingerprint density at radius 3 is 2.43 bits per heavy atom. The Morgan fingerprint density at radius 2 is 1.86 bits per heavy atom. The maximum atomic E-state index is 12.0. The summed E-state index contributed by atoms with van der Waals surface area (Å²) in [5, 5.41) is 0.258. The van der Waals surface area contributed by atoms with E-state index in [1.165, 1.54) is 12.8 Å². The Hall–Kier alpha value is -0.153. The van der Waals surface area contributed by atoms with Crippen LogP contribution in [-0.2, 0) is 9.22 Å². The van der Waals surface area contributed by atoms with Gasteiger partial charge in [-0.05, 0) is 54.6 Å². The highest BCUT2D eigenvalue weighted by atomic mass is 28.4. The van der Waals surface area contributed by atoms with Crippen molar-refractivity contribution in [3.05, 3.63) is 0 Å². The lowest BCUT2D eigenvalue weighted by molar-refractivity contribution is -0.119. The zero-order valence-corrected chi connectivity index (χ0v) is 16.1. The monoisotopic (exact) mass is 310 g/mol. The summed E-state index contributed by atoms with van der Waals surface area (Å²) in [5.74, 6) is 1.65. The first-order chi connectivity index (χ1) is 9.47. The lowest BCUT2D eigenvalue weighted by atomic mass is 9.71. The van der Waals surface area contributed by atoms with Gasteiger partial charge >= 0.3 is 0 Å². The number of Topliss-reactive ketones (excluding diaryl/α,β-unsaturated/α-hetero) is 1. The molecule has 0 heterocycles. The van der Waals surface area contributed by atoms with Crippen molar-refractivity contribution in [3.63, 3.8) is 0 Å². The molecule has 0 aliphatic heterocycles. The SMILES string of the molecule is C[C@H]1CC(=O)CC[C@]2(C)[C@@H](O[Si](C)(C)C(C)(C)C)CC[C@@H]12. The van der Waals surface area contributed by atoms with Crippen LogP contribution in [0, 0.1) is 17.3 Å². The minimum absolute atomic E-state index is 0.209. The topological polar surface area (TPSA) is 26.3 Å². The molecule has 0 unspecified atom stereocenters. The maximum absolute atomic E-state index is 12.0. The lowest BCUT2D eigenvalue weighted by Crippen LogP contribution is -2.48. The van der Waals surface area contributed by atoms with Crippen molar-refractivity contribution < 1.29 is 9.22 Å². The number of rotatable bonds is 2. The number of hydrogen-bond acceptors (Lipinski definition) is 2. The summed E-state index contributed by atoms with van der Waals surface area (Å²) >= 11 is 0. The summed E-state index contributed by atoms with van der Waals surface area (Å²) in [5.41, 5.74) is 0.209. The molecule has 0 aromatic carbocycles. The zero-order valence-electron chi connectivity index (χ0n) is 15.1. The Morgan fingerprint density at radius 1 is 1.24 bits per heavy atom. The molecule has 2 saturated carbocycles. The first kappa shape index (κ1) is 17.2. The van der Waals surface area contributed by atoms with Crippen LogP contribution in [0.3, 0.4) is 0 Å². The van der Waals surface area contributed by atoms with Crippen molar-refractivity contribution in [3.8, 4) is 0 Å². The number of ketones is 1. The standard InChI is InChI=1S/C18H34O2Si/c1-13-12-14(19)10-11-18(5)15(13)8-9-16(18)20-21(6,7)17(2,3)4/h13,15-16H,8-12H2,1-7H3/t13-,15-,16-,18-/m0/s1. The fourth-order valence-corrected chi connectivity index (χ4v) is 5.70. The molecule has 2 fully saturated rings. The summed E-state index contributed by atoms with van der Waals surface area (Å²) in [7, 11) is -1.73. The van der Waals surface area contributed by atoms with Crippen molar-refractivity contribution in [2.24, 2.45) is 17.3 Å². The minimum atomic E-state index is -1.73. The molecule has 122 valence electrons. The quantitative estimate of drug-likeness (QED) is 0.657. The second-order valence-corrected chi connectivity index (χ2v) is 14.0. The number of hydrogen-bond donors (Lipinski definition) is 0. The van der Waals surface area contributed by atoms with Crippen molar-refractivity contribution >= 4 is 14.1 Å². The molecule has 0 bridgehead atoms. The molecule has 4 atom stereocenters. The molecule has 2 rings (SSSR count). The minimum Gasteiger partial charge on any atom is -0.413 e. The molecule has 0 N–H and O–H groups in total. The number of fused-ring (bicyclic) bond motifs is 1. The van der Waals surface area contributed by atoms with Crippen LogP contribution in [0.25, 0.3) is 0 Å². The third-order valence-corrected chi connectivity index (χ3v) is 11.2. The molecular formula is C18H34O2Si. The van der Waals surface area contributed by atoms with Gasteiger partial charge in [0.05, 0.1) is 6.10 Å². The molecule has 0 radical (unpaired) electrons. The van der Waals surface area contributed by atoms with Crippen LogP contribution in [0.15, 0.2) is 0 Å². The van der Waals surface area contributed by atoms with Crippen LogP contribution in [0.4, 0.5) is 0 Å². The van der Waals surface area contributed by atoms with Gasteiger partial charge < -0.3 is 4.43 Å². The fraction of sp³-hybridized carbons (Fsp3) is 0.944. The summed E-state index contributed by atoms with van der Waals surface area (Å²) in [6.45, 7) is 16.3. The maximum Gasteiger partial charge on any atom is 0.192 e. The molecule has 0 aromatic heterocycles. The van der Waals surface area contributed by atoms with Crippen LogP contribution in [-0.4, -0.2) is 20.2 Å². The molecule has 0 amide bonds. The van der Waals surface area contributed by atoms with Crippen molar-refractivity contribution in [1.82, 2.24) is 0 Å². The number of carbonyl (C=O) groups is 1. The zero-order chi connectivity index (χ0) is 16.1. The Bertz CT molecular complexity index is 410. The highest BCUT2D eigenvalue weighted by Gasteiger charge is 2.53. The van der Waals surface area contributed by atoms with Gasteiger partial charge in [-0.3, -0.25) is 4.79 Å². The normalized spacial score (nSPS) is 38.2. The molecule has 2 aliphatic rings. The predicted molar refractivity (Wildman–Crippen MR) is 90.9 cm³/mol. The first-order valence-corrected chi connectivity index (χ1v) is 11.6. The Balaban J connectivity index is 2.21. The van der Waals surface area contributed by atoms with Gasteiger partial charge in [-0.2, -0.15) is 0 Å². The van der Waals surface area contributed by atoms with Crippen LogP contribution >= 0.6 is 0 Å². The van der Waals surface area contributed by atoms with E-state index in [-0.39, 0.29) is 10.5 Å². The largest absolute Gasteiger partial charge is 0.413 e. The van der Waals surface area contributed by atoms with Gasteiger partial charge in [-0.15, -0.1) is 0 Å². The molecule has 0 aromatic rings. The summed E-state index contributed by atoms with van der Waals surface area (Å²) < 4.78 is 6.80. The van der Waals surface area contributed by atoms with E-state index in [1.807, 2.05) is 0 Å². The van der Waals surface area contributed by atoms with Crippen molar-refractivity contribution in [1.29, 1.82) is 0 Å². The molecule has 0 spiro atoms. The van der Waals surface area contributed by atoms with E-state index in [0.717, 1.165) is 19.3 Å². The fourth-order valence-electron chi connectivity index (χ4n) is 4.25. The van der Waals surface area contributed by atoms with E-state index in [4.69, 9.17) is 4.43 Å². The van der Waals surface area contributed by atoms with Crippen molar-refractivity contribution in [2.75, 3.05) is 0 Å². The van der Waals surface area contributed by atoms with Crippen LogP contribution in [0.2, 0.25) is 18.1 Å². The van der Waals surface area contributed by atoms with E-state index in [0.29, 0.717) is 23.7 Å². The second kappa shape index (κ2) is 5.49. The molecule has 0 saturated heterocycles. The van der Waals surface area contributed by atoms with Gasteiger partial charge in [0.1, 0.15) is 5.78 Å². The van der Waals surface area contributed by atoms with Crippen molar-refractivity contribution in [2.45, 2.75) is 91.0 Å². The number of carbonyl (C=O) groups excluding carboxylic acids is 1. The highest BCUT2D eigenvalue weighted by Crippen LogP contribution is 2.55. The van der Waals surface area contributed by atoms with Gasteiger partial charge in [-0.1, -0.05) is 34.6 Å². The lowest BCUT2D eigenvalue weighted by Gasteiger charge is -2.45. The molecule has 3 heteroatoms. The average molecular weight is 311 g/mol. The molecule has 21 heavy (non-hydrogen) atoms. The van der Waals surface area contributed by atoms with Gasteiger partial charge in [-0.25, -0.2) is 0 Å². The summed E-state index contributed by atoms with van der Waals surface area (Å²) in [4.78, 5) is 12.0. The van der Waals surface area contributed by atoms with Gasteiger partial charge in [0.2, 0.25) is 0 Å². The third-order valence-electron chi connectivity index (χ3n) is 6.74. The van der Waals surface area contributed by atoms with Gasteiger partial charge in [0.25, 0.3) is 0 Å². The first-order valence-electron chi connectivity index (χ1n) is 8.67. The highest BCUT2D eigenvalue weighted by molar-refractivity contribution is 6.74. The Kier molecular flexibility index (Phi) is 4.49. The van der Waals surface area contributed by atoms with E-state index >= 15 is 0 Å². The molecule has 2 nitrogen and oxygen atoms in total. The second-order valence-electron chi connectivity index (χ2n) is 9.28. The van der Waals surface area contributed by atoms with E-state index in [1.54, 1.807) is 0 Å². The predicted octanol–water partition coefficient (Wildman–Crippen LogP) is 5.18. The van der Waals surface area contributed by atoms with Gasteiger partial charge in [0, 0.05) is 12.8 Å². The third kappa shape index (κ3) is 3.14. The molecular weight excluding hydrogens is 276 g/mol. The van der Waals surface area contributed by atoms with E-state index in [9.17, 15) is 4.79 Å². The molecule has 2 aliphatic carbocycles. The summed E-state index contributed by atoms with van der Waals surface area (Å²) in [6.07, 6.45) is 5.36. The summed E-state index contributed by atoms with van der Waals surface area (Å²) in [6, 6.07) is 0. The van der Waals surface area contributed by atoms with Gasteiger partial charge in [0.15, 0.2) is 8.32 Å². The van der Waals surface area contributed by atoms with E-state index in [2.05, 4.69) is 47.7 Å². The van der Waals surface area contributed by atoms with Crippen LogP contribution in [0.5, 0.6) is 0 Å². The van der Waals surface area contributed by atoms with Crippen LogP contribution < -0.4 is 0 Å². The Labute approximate surface area is 132 Å². The van der Waals surface area contributed by atoms with Crippen LogP contribution in [0.1, 0.15) is 66.7 Å². The smallest absolute Gasteiger partial charge is 0.192 e. The van der Waals surface area contributed by atoms with E-state index < -0.39 is 8.32 Å².